The zero-order valence-corrected chi connectivity index (χ0v) is 7.40. The van der Waals surface area contributed by atoms with E-state index in [2.05, 4.69) is 20.8 Å². The van der Waals surface area contributed by atoms with Gasteiger partial charge in [-0.15, -0.1) is 0 Å². The van der Waals surface area contributed by atoms with Crippen LogP contribution >= 0.6 is 0 Å². The second-order valence-electron chi connectivity index (χ2n) is 3.43. The molecule has 0 N–H and O–H groups in total. The van der Waals surface area contributed by atoms with Crippen LogP contribution in [-0.2, 0) is 4.79 Å². The molecule has 0 unspecified atom stereocenters. The Morgan fingerprint density at radius 1 is 1.30 bits per heavy atom. The van der Waals surface area contributed by atoms with Crippen LogP contribution in [0.25, 0.3) is 0 Å². The molecular formula is C9H17O. The number of rotatable bonds is 4. The minimum atomic E-state index is 0.276. The summed E-state index contributed by atoms with van der Waals surface area (Å²) in [6.45, 7) is 8.04. The Balaban J connectivity index is 3.43. The molecule has 59 valence electrons. The highest BCUT2D eigenvalue weighted by atomic mass is 16.1. The van der Waals surface area contributed by atoms with Gasteiger partial charge in [-0.3, -0.25) is 0 Å². The van der Waals surface area contributed by atoms with Crippen LogP contribution < -0.4 is 0 Å². The standard InChI is InChI=1S/C9H17O/c1-7(2)5-8(3)6-9(4)10/h7H,5-6H2,1-4H3. The van der Waals surface area contributed by atoms with Gasteiger partial charge >= 0.3 is 0 Å². The van der Waals surface area contributed by atoms with Gasteiger partial charge in [0.2, 0.25) is 0 Å². The van der Waals surface area contributed by atoms with Crippen LogP contribution in [0.4, 0.5) is 0 Å². The Labute approximate surface area is 63.8 Å². The first kappa shape index (κ1) is 9.67. The van der Waals surface area contributed by atoms with E-state index in [4.69, 9.17) is 0 Å². The molecule has 1 radical (unpaired) electrons. The van der Waals surface area contributed by atoms with Gasteiger partial charge in [0.25, 0.3) is 0 Å². The fraction of sp³-hybridized carbons (Fsp3) is 0.778. The fourth-order valence-corrected chi connectivity index (χ4v) is 1.19. The SMILES string of the molecule is C[C](CC(C)=O)CC(C)C. The van der Waals surface area contributed by atoms with Gasteiger partial charge in [0.05, 0.1) is 0 Å². The first-order valence-corrected chi connectivity index (χ1v) is 3.83. The van der Waals surface area contributed by atoms with E-state index in [0.29, 0.717) is 12.3 Å². The lowest BCUT2D eigenvalue weighted by molar-refractivity contribution is -0.116. The van der Waals surface area contributed by atoms with E-state index in [9.17, 15) is 4.79 Å². The van der Waals surface area contributed by atoms with E-state index < -0.39 is 0 Å². The molecular weight excluding hydrogens is 124 g/mol. The molecule has 0 saturated carbocycles. The fourth-order valence-electron chi connectivity index (χ4n) is 1.19. The van der Waals surface area contributed by atoms with E-state index in [-0.39, 0.29) is 5.78 Å². The highest BCUT2D eigenvalue weighted by Gasteiger charge is 2.07. The molecule has 0 aromatic rings. The van der Waals surface area contributed by atoms with E-state index in [1.807, 2.05) is 0 Å². The first-order chi connectivity index (χ1) is 4.52. The molecule has 0 aromatic heterocycles. The predicted molar refractivity (Wildman–Crippen MR) is 43.7 cm³/mol. The monoisotopic (exact) mass is 141 g/mol. The van der Waals surface area contributed by atoms with E-state index >= 15 is 0 Å². The summed E-state index contributed by atoms with van der Waals surface area (Å²) >= 11 is 0. The summed E-state index contributed by atoms with van der Waals surface area (Å²) in [5.74, 6) is 2.26. The summed E-state index contributed by atoms with van der Waals surface area (Å²) in [6.07, 6.45) is 1.75. The summed E-state index contributed by atoms with van der Waals surface area (Å²) in [6, 6.07) is 0. The zero-order chi connectivity index (χ0) is 8.15. The number of hydrogen-bond donors (Lipinski definition) is 0. The molecule has 0 fully saturated rings. The second-order valence-corrected chi connectivity index (χ2v) is 3.43. The smallest absolute Gasteiger partial charge is 0.130 e. The van der Waals surface area contributed by atoms with Crippen molar-refractivity contribution in [2.45, 2.75) is 40.5 Å². The largest absolute Gasteiger partial charge is 0.300 e. The maximum Gasteiger partial charge on any atom is 0.130 e. The van der Waals surface area contributed by atoms with Crippen LogP contribution in [0, 0.1) is 11.8 Å². The van der Waals surface area contributed by atoms with Crippen LogP contribution in [0.1, 0.15) is 40.5 Å². The molecule has 0 spiro atoms. The van der Waals surface area contributed by atoms with E-state index in [0.717, 1.165) is 6.42 Å². The van der Waals surface area contributed by atoms with Gasteiger partial charge in [-0.05, 0) is 25.2 Å². The molecule has 0 heterocycles. The normalized spacial score (nSPS) is 11.0. The number of ketones is 1. The molecule has 0 bridgehead atoms. The Morgan fingerprint density at radius 2 is 1.80 bits per heavy atom. The maximum absolute atomic E-state index is 10.6. The second kappa shape index (κ2) is 4.48. The van der Waals surface area contributed by atoms with E-state index in [1.165, 1.54) is 5.92 Å². The number of carbonyl (C=O) groups is 1. The molecule has 0 aliphatic heterocycles. The third-order valence-corrected chi connectivity index (χ3v) is 1.31. The molecule has 1 heteroatoms. The van der Waals surface area contributed by atoms with Gasteiger partial charge in [0.15, 0.2) is 0 Å². The summed E-state index contributed by atoms with van der Waals surface area (Å²) in [5.41, 5.74) is 0. The van der Waals surface area contributed by atoms with Gasteiger partial charge in [0, 0.05) is 6.42 Å². The Morgan fingerprint density at radius 3 is 2.10 bits per heavy atom. The van der Waals surface area contributed by atoms with Crippen molar-refractivity contribution in [1.29, 1.82) is 0 Å². The molecule has 0 rings (SSSR count). The molecule has 0 atom stereocenters. The van der Waals surface area contributed by atoms with Gasteiger partial charge in [-0.2, -0.15) is 0 Å². The lowest BCUT2D eigenvalue weighted by Gasteiger charge is -2.10. The Hall–Kier alpha value is -0.330. The van der Waals surface area contributed by atoms with Gasteiger partial charge < -0.3 is 4.79 Å². The maximum atomic E-state index is 10.6. The molecule has 0 amide bonds. The number of hydrogen-bond acceptors (Lipinski definition) is 1. The van der Waals surface area contributed by atoms with Gasteiger partial charge in [-0.1, -0.05) is 20.8 Å². The summed E-state index contributed by atoms with van der Waals surface area (Å²) in [5, 5.41) is 0. The van der Waals surface area contributed by atoms with E-state index in [1.54, 1.807) is 6.92 Å². The van der Waals surface area contributed by atoms with Gasteiger partial charge in [-0.25, -0.2) is 0 Å². The number of carbonyl (C=O) groups excluding carboxylic acids is 1. The van der Waals surface area contributed by atoms with Crippen molar-refractivity contribution < 1.29 is 4.79 Å². The summed E-state index contributed by atoms with van der Waals surface area (Å²) < 4.78 is 0. The summed E-state index contributed by atoms with van der Waals surface area (Å²) in [4.78, 5) is 10.6. The average Bonchev–Trinajstić information content (AvgIpc) is 1.58. The van der Waals surface area contributed by atoms with Crippen molar-refractivity contribution in [3.63, 3.8) is 0 Å². The van der Waals surface area contributed by atoms with Gasteiger partial charge in [0.1, 0.15) is 5.78 Å². The highest BCUT2D eigenvalue weighted by molar-refractivity contribution is 5.77. The van der Waals surface area contributed by atoms with Crippen LogP contribution in [0.2, 0.25) is 0 Å². The van der Waals surface area contributed by atoms with Crippen LogP contribution in [0.15, 0.2) is 0 Å². The van der Waals surface area contributed by atoms with Crippen LogP contribution in [0.3, 0.4) is 0 Å². The third kappa shape index (κ3) is 5.80. The average molecular weight is 141 g/mol. The zero-order valence-electron chi connectivity index (χ0n) is 7.40. The predicted octanol–water partition coefficient (Wildman–Crippen LogP) is 2.61. The Kier molecular flexibility index (Phi) is 4.33. The molecule has 0 aromatic carbocycles. The van der Waals surface area contributed by atoms with Crippen molar-refractivity contribution in [2.24, 2.45) is 5.92 Å². The van der Waals surface area contributed by atoms with Crippen LogP contribution in [0.5, 0.6) is 0 Å². The first-order valence-electron chi connectivity index (χ1n) is 3.83. The quantitative estimate of drug-likeness (QED) is 0.588. The van der Waals surface area contributed by atoms with Crippen molar-refractivity contribution >= 4 is 5.78 Å². The minimum Gasteiger partial charge on any atom is -0.300 e. The molecule has 0 aliphatic rings. The number of Topliss-reactive ketones (excluding diaryl/α,β-unsaturated/α-hetero) is 1. The molecule has 0 saturated heterocycles. The van der Waals surface area contributed by atoms with Crippen molar-refractivity contribution in [3.8, 4) is 0 Å². The highest BCUT2D eigenvalue weighted by Crippen LogP contribution is 2.16. The summed E-state index contributed by atoms with van der Waals surface area (Å²) in [7, 11) is 0. The van der Waals surface area contributed by atoms with Crippen molar-refractivity contribution in [3.05, 3.63) is 5.92 Å². The van der Waals surface area contributed by atoms with Crippen LogP contribution in [-0.4, -0.2) is 5.78 Å². The molecule has 10 heavy (non-hydrogen) atoms. The third-order valence-electron chi connectivity index (χ3n) is 1.31. The molecule has 1 nitrogen and oxygen atoms in total. The topological polar surface area (TPSA) is 17.1 Å². The lowest BCUT2D eigenvalue weighted by atomic mass is 9.95. The van der Waals surface area contributed by atoms with Crippen molar-refractivity contribution in [2.75, 3.05) is 0 Å². The lowest BCUT2D eigenvalue weighted by Crippen LogP contribution is -2.02. The minimum absolute atomic E-state index is 0.276. The molecule has 0 aliphatic carbocycles. The Bertz CT molecular complexity index is 105. The van der Waals surface area contributed by atoms with Crippen molar-refractivity contribution in [1.82, 2.24) is 0 Å².